The highest BCUT2D eigenvalue weighted by Crippen LogP contribution is 2.34. The van der Waals surface area contributed by atoms with Crippen LogP contribution in [0.15, 0.2) is 28.2 Å². The number of esters is 1. The number of thiazole rings is 1. The second-order valence-corrected chi connectivity index (χ2v) is 5.86. The molecule has 0 aliphatic carbocycles. The molecule has 0 aliphatic rings. The van der Waals surface area contributed by atoms with E-state index in [1.165, 1.54) is 18.4 Å². The maximum absolute atomic E-state index is 11.6. The van der Waals surface area contributed by atoms with Crippen molar-refractivity contribution in [3.63, 3.8) is 0 Å². The minimum atomic E-state index is -0.457. The number of methoxy groups -OCH3 is 1. The molecule has 1 heterocycles. The van der Waals surface area contributed by atoms with Crippen LogP contribution in [-0.2, 0) is 4.74 Å². The van der Waals surface area contributed by atoms with Crippen molar-refractivity contribution in [2.75, 3.05) is 7.11 Å². The summed E-state index contributed by atoms with van der Waals surface area (Å²) in [6.07, 6.45) is 0. The summed E-state index contributed by atoms with van der Waals surface area (Å²) >= 11 is 10.6. The van der Waals surface area contributed by atoms with Crippen molar-refractivity contribution in [2.45, 2.75) is 0 Å². The third-order valence-electron chi connectivity index (χ3n) is 2.07. The molecule has 2 rings (SSSR count). The van der Waals surface area contributed by atoms with Crippen molar-refractivity contribution in [3.05, 3.63) is 38.9 Å². The van der Waals surface area contributed by atoms with E-state index >= 15 is 0 Å². The Morgan fingerprint density at radius 2 is 2.29 bits per heavy atom. The van der Waals surface area contributed by atoms with Gasteiger partial charge in [0.1, 0.15) is 0 Å². The number of aromatic nitrogens is 1. The molecule has 0 amide bonds. The molecule has 1 aromatic carbocycles. The molecule has 0 unspecified atom stereocenters. The van der Waals surface area contributed by atoms with E-state index in [2.05, 4.69) is 20.9 Å². The Labute approximate surface area is 116 Å². The predicted molar refractivity (Wildman–Crippen MR) is 71.6 cm³/mol. The van der Waals surface area contributed by atoms with Crippen molar-refractivity contribution in [3.8, 4) is 10.4 Å². The van der Waals surface area contributed by atoms with Crippen LogP contribution in [0.3, 0.4) is 0 Å². The van der Waals surface area contributed by atoms with Gasteiger partial charge < -0.3 is 4.74 Å². The Bertz CT molecular complexity index is 570. The molecule has 0 bridgehead atoms. The summed E-state index contributed by atoms with van der Waals surface area (Å²) in [5.41, 5.74) is 1.15. The van der Waals surface area contributed by atoms with Gasteiger partial charge in [-0.15, -0.1) is 11.3 Å². The van der Waals surface area contributed by atoms with E-state index in [1.54, 1.807) is 12.1 Å². The average molecular weight is 333 g/mol. The summed E-state index contributed by atoms with van der Waals surface area (Å²) in [6.45, 7) is 0. The number of nitrogens with zero attached hydrogens (tertiary/aromatic N) is 1. The summed E-state index contributed by atoms with van der Waals surface area (Å²) < 4.78 is 5.33. The molecule has 88 valence electrons. The van der Waals surface area contributed by atoms with Crippen molar-refractivity contribution >= 4 is 44.8 Å². The fraction of sp³-hybridized carbons (Fsp3) is 0.0909. The van der Waals surface area contributed by atoms with E-state index in [0.29, 0.717) is 14.6 Å². The minimum absolute atomic E-state index is 0.298. The van der Waals surface area contributed by atoms with Crippen LogP contribution in [-0.4, -0.2) is 18.1 Å². The van der Waals surface area contributed by atoms with Gasteiger partial charge in [0.05, 0.1) is 12.0 Å². The molecule has 0 N–H and O–H groups in total. The first kappa shape index (κ1) is 12.5. The molecule has 3 nitrogen and oxygen atoms in total. The topological polar surface area (TPSA) is 39.2 Å². The van der Waals surface area contributed by atoms with Gasteiger partial charge in [-0.2, -0.15) is 0 Å². The fourth-order valence-electron chi connectivity index (χ4n) is 1.35. The van der Waals surface area contributed by atoms with Crippen LogP contribution >= 0.6 is 38.9 Å². The average Bonchev–Trinajstić information content (AvgIpc) is 2.70. The smallest absolute Gasteiger partial charge is 0.358 e. The van der Waals surface area contributed by atoms with Gasteiger partial charge in [0.15, 0.2) is 9.61 Å². The van der Waals surface area contributed by atoms with Crippen LogP contribution in [0.5, 0.6) is 0 Å². The van der Waals surface area contributed by atoms with Gasteiger partial charge in [0.2, 0.25) is 0 Å². The molecule has 0 aliphatic heterocycles. The van der Waals surface area contributed by atoms with Gasteiger partial charge in [-0.3, -0.25) is 0 Å². The van der Waals surface area contributed by atoms with E-state index in [9.17, 15) is 4.79 Å². The van der Waals surface area contributed by atoms with E-state index < -0.39 is 5.97 Å². The highest BCUT2D eigenvalue weighted by molar-refractivity contribution is 9.11. The Morgan fingerprint density at radius 3 is 2.94 bits per heavy atom. The van der Waals surface area contributed by atoms with E-state index in [-0.39, 0.29) is 0 Å². The van der Waals surface area contributed by atoms with Crippen molar-refractivity contribution in [1.29, 1.82) is 0 Å². The molecule has 2 aromatic rings. The Morgan fingerprint density at radius 1 is 1.53 bits per heavy atom. The molecule has 17 heavy (non-hydrogen) atoms. The first-order chi connectivity index (χ1) is 8.11. The van der Waals surface area contributed by atoms with Gasteiger partial charge in [0.25, 0.3) is 0 Å². The first-order valence-corrected chi connectivity index (χ1v) is 6.61. The quantitative estimate of drug-likeness (QED) is 0.780. The summed E-state index contributed by atoms with van der Waals surface area (Å²) in [5, 5.41) is 0.614. The second kappa shape index (κ2) is 5.16. The van der Waals surface area contributed by atoms with E-state index in [4.69, 9.17) is 16.3 Å². The van der Waals surface area contributed by atoms with Crippen LogP contribution < -0.4 is 0 Å². The largest absolute Gasteiger partial charge is 0.464 e. The standard InChI is InChI=1S/C11H7BrClNO2S/c1-16-10(15)8-9(17-11(12)14-8)6-3-2-4-7(13)5-6/h2-5H,1H3. The molecular weight excluding hydrogens is 326 g/mol. The van der Waals surface area contributed by atoms with Crippen LogP contribution in [0.25, 0.3) is 10.4 Å². The van der Waals surface area contributed by atoms with Crippen LogP contribution in [0.4, 0.5) is 0 Å². The molecule has 0 saturated carbocycles. The monoisotopic (exact) mass is 331 g/mol. The SMILES string of the molecule is COC(=O)c1nc(Br)sc1-c1cccc(Cl)c1. The molecule has 6 heteroatoms. The second-order valence-electron chi connectivity index (χ2n) is 3.15. The molecule has 1 aromatic heterocycles. The zero-order valence-corrected chi connectivity index (χ0v) is 11.9. The molecular formula is C11H7BrClNO2S. The predicted octanol–water partition coefficient (Wildman–Crippen LogP) is 4.01. The van der Waals surface area contributed by atoms with Gasteiger partial charge in [-0.05, 0) is 33.6 Å². The van der Waals surface area contributed by atoms with Crippen molar-refractivity contribution in [2.24, 2.45) is 0 Å². The van der Waals surface area contributed by atoms with E-state index in [1.807, 2.05) is 12.1 Å². The van der Waals surface area contributed by atoms with Crippen molar-refractivity contribution < 1.29 is 9.53 Å². The summed E-state index contributed by atoms with van der Waals surface area (Å²) in [6, 6.07) is 7.26. The Balaban J connectivity index is 2.55. The minimum Gasteiger partial charge on any atom is -0.464 e. The van der Waals surface area contributed by atoms with Gasteiger partial charge in [-0.1, -0.05) is 23.7 Å². The number of halogens is 2. The number of rotatable bonds is 2. The molecule has 0 fully saturated rings. The maximum atomic E-state index is 11.6. The number of benzene rings is 1. The molecule has 0 saturated heterocycles. The van der Waals surface area contributed by atoms with Crippen LogP contribution in [0.2, 0.25) is 5.02 Å². The highest BCUT2D eigenvalue weighted by Gasteiger charge is 2.19. The number of carbonyl (C=O) groups excluding carboxylic acids is 1. The summed E-state index contributed by atoms with van der Waals surface area (Å²) in [4.78, 5) is 16.4. The normalized spacial score (nSPS) is 10.3. The zero-order valence-electron chi connectivity index (χ0n) is 8.74. The Kier molecular flexibility index (Phi) is 3.81. The maximum Gasteiger partial charge on any atom is 0.358 e. The number of hydrogen-bond acceptors (Lipinski definition) is 4. The van der Waals surface area contributed by atoms with Crippen LogP contribution in [0, 0.1) is 0 Å². The molecule has 0 atom stereocenters. The number of ether oxygens (including phenoxy) is 1. The van der Waals surface area contributed by atoms with Gasteiger partial charge in [-0.25, -0.2) is 9.78 Å². The highest BCUT2D eigenvalue weighted by atomic mass is 79.9. The lowest BCUT2D eigenvalue weighted by atomic mass is 10.1. The van der Waals surface area contributed by atoms with Gasteiger partial charge in [0, 0.05) is 5.02 Å². The Hall–Kier alpha value is -0.910. The van der Waals surface area contributed by atoms with Crippen LogP contribution in [0.1, 0.15) is 10.5 Å². The van der Waals surface area contributed by atoms with E-state index in [0.717, 1.165) is 10.4 Å². The van der Waals surface area contributed by atoms with Gasteiger partial charge >= 0.3 is 5.97 Å². The third kappa shape index (κ3) is 2.68. The lowest BCUT2D eigenvalue weighted by Gasteiger charge is -2.01. The number of carbonyl (C=O) groups is 1. The summed E-state index contributed by atoms with van der Waals surface area (Å²) in [7, 11) is 1.33. The fourth-order valence-corrected chi connectivity index (χ4v) is 2.98. The first-order valence-electron chi connectivity index (χ1n) is 4.62. The molecule has 0 radical (unpaired) electrons. The lowest BCUT2D eigenvalue weighted by molar-refractivity contribution is 0.0595. The number of hydrogen-bond donors (Lipinski definition) is 0. The lowest BCUT2D eigenvalue weighted by Crippen LogP contribution is -2.03. The molecule has 0 spiro atoms. The third-order valence-corrected chi connectivity index (χ3v) is 3.86. The van der Waals surface area contributed by atoms with Crippen molar-refractivity contribution in [1.82, 2.24) is 4.98 Å². The summed E-state index contributed by atoms with van der Waals surface area (Å²) in [5.74, 6) is -0.457. The zero-order chi connectivity index (χ0) is 12.4.